The molecular weight excluding hydrogens is 919 g/mol. The predicted octanol–water partition coefficient (Wildman–Crippen LogP) is 4.29. The van der Waals surface area contributed by atoms with Gasteiger partial charge >= 0.3 is 23.7 Å². The Morgan fingerprint density at radius 1 is 0.957 bits per heavy atom. The molecular formula is C50H63NO19. The monoisotopic (exact) mass is 981 g/mol. The van der Waals surface area contributed by atoms with Gasteiger partial charge in [-0.3, -0.25) is 33.6 Å². The number of nitrogens with one attached hydrogen (secondary N) is 1. The number of ketones is 3. The summed E-state index contributed by atoms with van der Waals surface area (Å²) in [5, 5.41) is 47.5. The minimum atomic E-state index is -2.18. The number of aliphatic carboxylic acids is 1. The number of phenols is 1. The minimum absolute atomic E-state index is 0.0225. The molecule has 5 aliphatic heterocycles. The Hall–Kier alpha value is -5.77. The number of Topliss-reactive ketones (excluding diaryl/α,β-unsaturated/α-hetero) is 2. The second kappa shape index (κ2) is 20.9. The predicted molar refractivity (Wildman–Crippen MR) is 243 cm³/mol. The number of aliphatic hydroxyl groups excluding tert-OH is 2. The highest BCUT2D eigenvalue weighted by atomic mass is 16.7. The van der Waals surface area contributed by atoms with Crippen LogP contribution in [-0.2, 0) is 52.3 Å². The van der Waals surface area contributed by atoms with E-state index >= 15 is 0 Å². The number of aliphatic hydroxyl groups is 2. The van der Waals surface area contributed by atoms with Crippen molar-refractivity contribution in [3.05, 3.63) is 70.2 Å². The summed E-state index contributed by atoms with van der Waals surface area (Å²) in [7, 11) is 0. The molecule has 0 saturated carbocycles. The first kappa shape index (κ1) is 53.6. The smallest absolute Gasteiger partial charge is 0.312 e. The first-order chi connectivity index (χ1) is 32.7. The van der Waals surface area contributed by atoms with Gasteiger partial charge in [0.1, 0.15) is 36.6 Å². The molecule has 5 N–H and O–H groups in total. The van der Waals surface area contributed by atoms with E-state index in [0.717, 1.165) is 12.3 Å². The van der Waals surface area contributed by atoms with Crippen molar-refractivity contribution in [2.45, 2.75) is 150 Å². The Balaban J connectivity index is 1.45. The van der Waals surface area contributed by atoms with E-state index in [1.54, 1.807) is 20.8 Å². The number of carbonyl (C=O) groups excluding carboxylic acids is 6. The van der Waals surface area contributed by atoms with Crippen molar-refractivity contribution in [3.8, 4) is 11.5 Å². The molecule has 14 atom stereocenters. The fraction of sp³-hybridized carbons (Fsp3) is 0.580. The van der Waals surface area contributed by atoms with E-state index in [2.05, 4.69) is 5.32 Å². The van der Waals surface area contributed by atoms with Gasteiger partial charge < -0.3 is 63.6 Å². The molecule has 2 saturated heterocycles. The Labute approximate surface area is 404 Å². The summed E-state index contributed by atoms with van der Waals surface area (Å²) >= 11 is 0. The largest absolute Gasteiger partial charge is 0.507 e. The molecule has 6 aliphatic rings. The molecule has 5 heterocycles. The Kier molecular flexibility index (Phi) is 16.0. The maximum atomic E-state index is 14.4. The number of hydrogen-bond donors (Lipinski definition) is 5. The van der Waals surface area contributed by atoms with Crippen LogP contribution >= 0.6 is 0 Å². The average molecular weight is 982 g/mol. The maximum absolute atomic E-state index is 14.4. The van der Waals surface area contributed by atoms with Crippen LogP contribution in [0.25, 0.3) is 0 Å². The fourth-order valence-corrected chi connectivity index (χ4v) is 9.48. The summed E-state index contributed by atoms with van der Waals surface area (Å²) in [5.41, 5.74) is -3.40. The van der Waals surface area contributed by atoms with Crippen LogP contribution in [0.1, 0.15) is 119 Å². The lowest BCUT2D eigenvalue weighted by molar-refractivity contribution is -0.246. The topological polar surface area (TPSA) is 286 Å². The third-order valence-electron chi connectivity index (χ3n) is 13.8. The first-order valence-electron chi connectivity index (χ1n) is 23.1. The number of ether oxygens (including phenoxy) is 8. The van der Waals surface area contributed by atoms with Crippen LogP contribution in [0.15, 0.2) is 47.9 Å². The van der Waals surface area contributed by atoms with E-state index in [9.17, 15) is 54.0 Å². The molecule has 5 bridgehead atoms. The highest BCUT2D eigenvalue weighted by Gasteiger charge is 2.52. The van der Waals surface area contributed by atoms with E-state index in [0.29, 0.717) is 0 Å². The van der Waals surface area contributed by atoms with Crippen molar-refractivity contribution in [2.75, 3.05) is 6.79 Å². The number of aromatic hydroxyl groups is 1. The third-order valence-corrected chi connectivity index (χ3v) is 13.8. The van der Waals surface area contributed by atoms with Gasteiger partial charge in [-0.1, -0.05) is 39.0 Å². The van der Waals surface area contributed by atoms with Crippen molar-refractivity contribution < 1.29 is 91.9 Å². The van der Waals surface area contributed by atoms with Crippen LogP contribution in [0.2, 0.25) is 0 Å². The molecule has 0 radical (unpaired) electrons. The normalized spacial score (nSPS) is 34.9. The zero-order chi connectivity index (χ0) is 51.9. The van der Waals surface area contributed by atoms with Gasteiger partial charge in [0.2, 0.25) is 5.78 Å². The van der Waals surface area contributed by atoms with Crippen LogP contribution in [0.5, 0.6) is 11.5 Å². The molecule has 1 amide bonds. The number of carbonyl (C=O) groups is 7. The Morgan fingerprint density at radius 2 is 1.64 bits per heavy atom. The number of carboxylic acid groups (broad SMARTS) is 1. The molecule has 382 valence electrons. The highest BCUT2D eigenvalue weighted by molar-refractivity contribution is 6.30. The van der Waals surface area contributed by atoms with Crippen molar-refractivity contribution >= 4 is 41.2 Å². The van der Waals surface area contributed by atoms with Gasteiger partial charge in [-0.15, -0.1) is 0 Å². The lowest BCUT2D eigenvalue weighted by atomic mass is 9.77. The van der Waals surface area contributed by atoms with Crippen molar-refractivity contribution in [1.29, 1.82) is 0 Å². The van der Waals surface area contributed by atoms with Gasteiger partial charge in [0.25, 0.3) is 11.7 Å². The minimum Gasteiger partial charge on any atom is -0.507 e. The standard InChI is InChI=1S/C50H63NO19/c1-21-13-12-14-29(26(6)67-48(62)49(9,10)19-34(54)55)40(57)23(3)39(56)24(4)43(68-28(8)52)22(2)32(69-35-18-33-45(27(7)66-35)64-20-63-33)15-16-65-50(11)46(60)38-36-31(53)17-30(51-47(21)61)42(59)37(36)41(58)25(5)44(38)70-50/h12-17,22-24,26-27,29,32-33,35,39-40,43,45,56-58H,18-20H2,1-11H3,(H,51,61)(H,54,55)/b14-12+,16-15+,21-13-. The molecule has 2 fully saturated rings. The van der Waals surface area contributed by atoms with Crippen LogP contribution in [-0.4, -0.2) is 129 Å². The van der Waals surface area contributed by atoms with Gasteiger partial charge in [0.05, 0.1) is 71.0 Å². The number of esters is 2. The number of phenolic OH excluding ortho intramolecular Hbond substituents is 1. The van der Waals surface area contributed by atoms with Crippen molar-refractivity contribution in [2.24, 2.45) is 29.1 Å². The number of fused-ring (bicyclic) bond motifs is 15. The second-order valence-electron chi connectivity index (χ2n) is 19.5. The van der Waals surface area contributed by atoms with Gasteiger partial charge in [-0.05, 0) is 47.6 Å². The number of rotatable bonds is 8. The van der Waals surface area contributed by atoms with E-state index in [4.69, 9.17) is 37.9 Å². The lowest BCUT2D eigenvalue weighted by Gasteiger charge is -2.41. The summed E-state index contributed by atoms with van der Waals surface area (Å²) in [6.07, 6.45) is -1.45. The Morgan fingerprint density at radius 3 is 2.30 bits per heavy atom. The quantitative estimate of drug-likeness (QED) is 0.227. The molecule has 20 nitrogen and oxygen atoms in total. The van der Waals surface area contributed by atoms with E-state index < -0.39 is 148 Å². The van der Waals surface area contributed by atoms with Crippen LogP contribution in [0.4, 0.5) is 0 Å². The zero-order valence-corrected chi connectivity index (χ0v) is 41.0. The molecule has 7 rings (SSSR count). The molecule has 20 heteroatoms. The van der Waals surface area contributed by atoms with Crippen LogP contribution < -0.4 is 10.1 Å². The second-order valence-corrected chi connectivity index (χ2v) is 19.5. The van der Waals surface area contributed by atoms with Crippen molar-refractivity contribution in [3.63, 3.8) is 0 Å². The van der Waals surface area contributed by atoms with Gasteiger partial charge in [-0.25, -0.2) is 0 Å². The fourth-order valence-electron chi connectivity index (χ4n) is 9.48. The molecule has 14 unspecified atom stereocenters. The molecule has 1 aromatic rings. The van der Waals surface area contributed by atoms with Crippen LogP contribution in [0, 0.1) is 36.0 Å². The molecule has 0 spiro atoms. The summed E-state index contributed by atoms with van der Waals surface area (Å²) in [6, 6.07) is 0. The van der Waals surface area contributed by atoms with Gasteiger partial charge in [0.15, 0.2) is 12.1 Å². The van der Waals surface area contributed by atoms with E-state index in [1.807, 2.05) is 0 Å². The first-order valence-corrected chi connectivity index (χ1v) is 23.1. The van der Waals surface area contributed by atoms with Gasteiger partial charge in [-0.2, -0.15) is 0 Å². The Bertz CT molecular complexity index is 2420. The SMILES string of the molecule is CC(=O)OC1C(C)C(OC2CC3OCOC3C(C)O2)/C=C/OC2(C)Oc3c(C)c(O)c4c(c3C2=O)C(=O)C=C(NC(=O)/C(C)=C\C=C\C(C(C)OC(=O)C(C)(C)CC(=O)O)C(O)C(C)C(O)C1C)C4=O. The number of amides is 1. The summed E-state index contributed by atoms with van der Waals surface area (Å²) in [6.45, 7) is 16.1. The number of allylic oxidation sites excluding steroid dienone is 4. The third kappa shape index (κ3) is 10.8. The summed E-state index contributed by atoms with van der Waals surface area (Å²) < 4.78 is 48.0. The summed E-state index contributed by atoms with van der Waals surface area (Å²) in [5.74, 6) is -13.6. The number of hydrogen-bond acceptors (Lipinski definition) is 18. The van der Waals surface area contributed by atoms with Crippen LogP contribution in [0.3, 0.4) is 0 Å². The number of carboxylic acids is 1. The maximum Gasteiger partial charge on any atom is 0.312 e. The molecule has 70 heavy (non-hydrogen) atoms. The zero-order valence-electron chi connectivity index (χ0n) is 41.0. The van der Waals surface area contributed by atoms with Crippen molar-refractivity contribution in [1.82, 2.24) is 5.32 Å². The summed E-state index contributed by atoms with van der Waals surface area (Å²) in [4.78, 5) is 93.6. The average Bonchev–Trinajstić information content (AvgIpc) is 3.86. The molecule has 1 aromatic carbocycles. The van der Waals surface area contributed by atoms with E-state index in [-0.39, 0.29) is 47.9 Å². The molecule has 1 aliphatic carbocycles. The van der Waals surface area contributed by atoms with Gasteiger partial charge in [0, 0.05) is 61.2 Å². The molecule has 0 aromatic heterocycles. The highest BCUT2D eigenvalue weighted by Crippen LogP contribution is 2.48. The lowest BCUT2D eigenvalue weighted by Crippen LogP contribution is -2.50. The van der Waals surface area contributed by atoms with E-state index in [1.165, 1.54) is 79.7 Å². The number of benzene rings is 1.